The summed E-state index contributed by atoms with van der Waals surface area (Å²) in [6, 6.07) is 11.1. The van der Waals surface area contributed by atoms with Gasteiger partial charge in [0.1, 0.15) is 11.6 Å². The zero-order valence-electron chi connectivity index (χ0n) is 10.8. The molecule has 0 aliphatic rings. The van der Waals surface area contributed by atoms with Gasteiger partial charge in [-0.1, -0.05) is 45.0 Å². The molecule has 2 aromatic carbocycles. The third kappa shape index (κ3) is 2.58. The van der Waals surface area contributed by atoms with Crippen molar-refractivity contribution < 1.29 is 8.78 Å². The van der Waals surface area contributed by atoms with Crippen LogP contribution in [0.1, 0.15) is 26.3 Å². The largest absolute Gasteiger partial charge is 0.207 e. The highest BCUT2D eigenvalue weighted by Crippen LogP contribution is 2.28. The molecule has 0 radical (unpaired) electrons. The van der Waals surface area contributed by atoms with Crippen molar-refractivity contribution in [1.29, 1.82) is 0 Å². The summed E-state index contributed by atoms with van der Waals surface area (Å²) < 4.78 is 26.9. The molecule has 0 atom stereocenters. The van der Waals surface area contributed by atoms with Crippen LogP contribution in [0, 0.1) is 11.6 Å². The van der Waals surface area contributed by atoms with Gasteiger partial charge in [0.15, 0.2) is 0 Å². The van der Waals surface area contributed by atoms with Crippen molar-refractivity contribution in [2.24, 2.45) is 0 Å². The lowest BCUT2D eigenvalue weighted by atomic mass is 9.86. The van der Waals surface area contributed by atoms with E-state index in [2.05, 4.69) is 0 Å². The molecule has 0 aromatic heterocycles. The second-order valence-electron chi connectivity index (χ2n) is 5.45. The molecule has 0 spiro atoms. The summed E-state index contributed by atoms with van der Waals surface area (Å²) in [5.41, 5.74) is 2.06. The van der Waals surface area contributed by atoms with Gasteiger partial charge >= 0.3 is 0 Å². The van der Waals surface area contributed by atoms with Gasteiger partial charge in [0, 0.05) is 5.56 Å². The monoisotopic (exact) mass is 246 g/mol. The van der Waals surface area contributed by atoms with E-state index in [4.69, 9.17) is 0 Å². The molecule has 0 aliphatic carbocycles. The maximum atomic E-state index is 14.1. The third-order valence-electron chi connectivity index (χ3n) is 2.99. The molecular weight excluding hydrogens is 230 g/mol. The van der Waals surface area contributed by atoms with E-state index in [-0.39, 0.29) is 17.0 Å². The van der Waals surface area contributed by atoms with Crippen molar-refractivity contribution in [3.8, 4) is 11.1 Å². The molecule has 94 valence electrons. The molecule has 0 heterocycles. The average molecular weight is 246 g/mol. The molecule has 0 unspecified atom stereocenters. The van der Waals surface area contributed by atoms with Gasteiger partial charge < -0.3 is 0 Å². The fourth-order valence-corrected chi connectivity index (χ4v) is 1.85. The van der Waals surface area contributed by atoms with Crippen LogP contribution in [0.2, 0.25) is 0 Å². The third-order valence-corrected chi connectivity index (χ3v) is 2.99. The minimum absolute atomic E-state index is 0.0812. The molecule has 2 rings (SSSR count). The average Bonchev–Trinajstić information content (AvgIpc) is 2.29. The van der Waals surface area contributed by atoms with Gasteiger partial charge in [-0.05, 0) is 34.7 Å². The van der Waals surface area contributed by atoms with E-state index in [0.717, 1.165) is 5.56 Å². The van der Waals surface area contributed by atoms with Crippen molar-refractivity contribution in [1.82, 2.24) is 0 Å². The Morgan fingerprint density at radius 2 is 1.44 bits per heavy atom. The molecule has 0 nitrogen and oxygen atoms in total. The van der Waals surface area contributed by atoms with E-state index in [9.17, 15) is 8.78 Å². The highest BCUT2D eigenvalue weighted by atomic mass is 19.1. The van der Waals surface area contributed by atoms with Crippen molar-refractivity contribution >= 4 is 0 Å². The number of hydrogen-bond donors (Lipinski definition) is 0. The summed E-state index contributed by atoms with van der Waals surface area (Å²) in [5.74, 6) is -0.584. The van der Waals surface area contributed by atoms with Gasteiger partial charge in [-0.3, -0.25) is 0 Å². The quantitative estimate of drug-likeness (QED) is 0.669. The summed E-state index contributed by atoms with van der Waals surface area (Å²) >= 11 is 0. The van der Waals surface area contributed by atoms with E-state index >= 15 is 0 Å². The minimum Gasteiger partial charge on any atom is -0.207 e. The molecule has 0 fully saturated rings. The Kier molecular flexibility index (Phi) is 3.20. The van der Waals surface area contributed by atoms with Gasteiger partial charge in [-0.15, -0.1) is 0 Å². The Balaban J connectivity index is 2.45. The zero-order valence-corrected chi connectivity index (χ0v) is 10.8. The topological polar surface area (TPSA) is 0 Å². The maximum Gasteiger partial charge on any atom is 0.131 e. The molecular formula is C16H16F2. The van der Waals surface area contributed by atoms with Crippen LogP contribution in [0.15, 0.2) is 42.5 Å². The molecule has 2 aromatic rings. The van der Waals surface area contributed by atoms with Gasteiger partial charge in [0.25, 0.3) is 0 Å². The standard InChI is InChI=1S/C16H16F2/c1-16(2,3)12-6-9-14(15(18)10-12)11-4-7-13(17)8-5-11/h4-10H,1-3H3. The lowest BCUT2D eigenvalue weighted by Gasteiger charge is -2.19. The predicted octanol–water partition coefficient (Wildman–Crippen LogP) is 4.93. The van der Waals surface area contributed by atoms with Crippen LogP contribution in [0.25, 0.3) is 11.1 Å². The van der Waals surface area contributed by atoms with Gasteiger partial charge in [-0.25, -0.2) is 8.78 Å². The summed E-state index contributed by atoms with van der Waals surface area (Å²) in [6.45, 7) is 6.12. The van der Waals surface area contributed by atoms with E-state index in [1.807, 2.05) is 26.8 Å². The molecule has 0 saturated carbocycles. The summed E-state index contributed by atoms with van der Waals surface area (Å²) in [6.07, 6.45) is 0. The van der Waals surface area contributed by atoms with Crippen LogP contribution in [0.4, 0.5) is 8.78 Å². The molecule has 0 N–H and O–H groups in total. The molecule has 0 bridgehead atoms. The van der Waals surface area contributed by atoms with Gasteiger partial charge in [-0.2, -0.15) is 0 Å². The number of halogens is 2. The van der Waals surface area contributed by atoms with Gasteiger partial charge in [0.05, 0.1) is 0 Å². The number of hydrogen-bond acceptors (Lipinski definition) is 0. The van der Waals surface area contributed by atoms with Crippen LogP contribution < -0.4 is 0 Å². The van der Waals surface area contributed by atoms with Crippen LogP contribution in [0.5, 0.6) is 0 Å². The Hall–Kier alpha value is -1.70. The smallest absolute Gasteiger partial charge is 0.131 e. The fourth-order valence-electron chi connectivity index (χ4n) is 1.85. The van der Waals surface area contributed by atoms with Crippen LogP contribution in [-0.2, 0) is 5.41 Å². The summed E-state index contributed by atoms with van der Waals surface area (Å²) in [4.78, 5) is 0. The Labute approximate surface area is 106 Å². The molecule has 0 aliphatic heterocycles. The highest BCUT2D eigenvalue weighted by molar-refractivity contribution is 5.64. The summed E-state index contributed by atoms with van der Waals surface area (Å²) in [5, 5.41) is 0. The van der Waals surface area contributed by atoms with E-state index in [1.54, 1.807) is 24.3 Å². The first-order chi connectivity index (χ1) is 8.38. The second kappa shape index (κ2) is 4.52. The maximum absolute atomic E-state index is 14.1. The molecule has 2 heteroatoms. The molecule has 18 heavy (non-hydrogen) atoms. The Morgan fingerprint density at radius 3 is 1.94 bits per heavy atom. The van der Waals surface area contributed by atoms with E-state index in [1.165, 1.54) is 12.1 Å². The first kappa shape index (κ1) is 12.7. The summed E-state index contributed by atoms with van der Waals surface area (Å²) in [7, 11) is 0. The van der Waals surface area contributed by atoms with Crippen molar-refractivity contribution in [2.45, 2.75) is 26.2 Å². The normalized spacial score (nSPS) is 11.6. The predicted molar refractivity (Wildman–Crippen MR) is 70.5 cm³/mol. The van der Waals surface area contributed by atoms with Gasteiger partial charge in [0.2, 0.25) is 0 Å². The lowest BCUT2D eigenvalue weighted by molar-refractivity contribution is 0.573. The molecule has 0 amide bonds. The molecule has 0 saturated heterocycles. The zero-order chi connectivity index (χ0) is 13.3. The van der Waals surface area contributed by atoms with Crippen LogP contribution >= 0.6 is 0 Å². The second-order valence-corrected chi connectivity index (χ2v) is 5.45. The first-order valence-corrected chi connectivity index (χ1v) is 5.94. The van der Waals surface area contributed by atoms with Crippen molar-refractivity contribution in [2.75, 3.05) is 0 Å². The van der Waals surface area contributed by atoms with Crippen LogP contribution in [-0.4, -0.2) is 0 Å². The van der Waals surface area contributed by atoms with E-state index in [0.29, 0.717) is 11.1 Å². The fraction of sp³-hybridized carbons (Fsp3) is 0.250. The minimum atomic E-state index is -0.314. The Morgan fingerprint density at radius 1 is 0.833 bits per heavy atom. The SMILES string of the molecule is CC(C)(C)c1ccc(-c2ccc(F)cc2)c(F)c1. The van der Waals surface area contributed by atoms with E-state index < -0.39 is 0 Å². The highest BCUT2D eigenvalue weighted by Gasteiger charge is 2.16. The number of rotatable bonds is 1. The van der Waals surface area contributed by atoms with Crippen molar-refractivity contribution in [3.05, 3.63) is 59.7 Å². The lowest BCUT2D eigenvalue weighted by Crippen LogP contribution is -2.11. The first-order valence-electron chi connectivity index (χ1n) is 5.94. The number of benzene rings is 2. The Bertz CT molecular complexity index is 548. The van der Waals surface area contributed by atoms with Crippen molar-refractivity contribution in [3.63, 3.8) is 0 Å². The van der Waals surface area contributed by atoms with Crippen LogP contribution in [0.3, 0.4) is 0 Å².